The van der Waals surface area contributed by atoms with Crippen LogP contribution in [0.2, 0.25) is 5.02 Å². The van der Waals surface area contributed by atoms with Crippen molar-refractivity contribution in [2.24, 2.45) is 0 Å². The van der Waals surface area contributed by atoms with Gasteiger partial charge in [-0.05, 0) is 64.3 Å². The van der Waals surface area contributed by atoms with Crippen molar-refractivity contribution in [2.75, 3.05) is 6.54 Å². The van der Waals surface area contributed by atoms with Gasteiger partial charge in [-0.2, -0.15) is 0 Å². The maximum Gasteiger partial charge on any atom is 0.126 e. The van der Waals surface area contributed by atoms with E-state index in [-0.39, 0.29) is 6.04 Å². The molecule has 0 amide bonds. The van der Waals surface area contributed by atoms with E-state index in [0.29, 0.717) is 23.6 Å². The summed E-state index contributed by atoms with van der Waals surface area (Å²) in [6.45, 7) is 2.66. The zero-order valence-corrected chi connectivity index (χ0v) is 13.8. The fraction of sp³-hybridized carbons (Fsp3) is 0.250. The lowest BCUT2D eigenvalue weighted by atomic mass is 9.98. The van der Waals surface area contributed by atoms with Gasteiger partial charge in [0.1, 0.15) is 11.6 Å². The lowest BCUT2D eigenvalue weighted by molar-refractivity contribution is 0.522. The minimum Gasteiger partial charge on any atom is -0.310 e. The van der Waals surface area contributed by atoms with Gasteiger partial charge in [0, 0.05) is 10.5 Å². The van der Waals surface area contributed by atoms with Gasteiger partial charge in [-0.1, -0.05) is 30.7 Å². The first-order valence-corrected chi connectivity index (χ1v) is 7.81. The molecule has 0 heterocycles. The van der Waals surface area contributed by atoms with Gasteiger partial charge < -0.3 is 5.32 Å². The molecule has 0 bridgehead atoms. The van der Waals surface area contributed by atoms with Crippen LogP contribution < -0.4 is 5.32 Å². The van der Waals surface area contributed by atoms with Crippen LogP contribution in [0, 0.1) is 11.6 Å². The molecular weight excluding hydrogens is 360 g/mol. The van der Waals surface area contributed by atoms with Crippen LogP contribution >= 0.6 is 27.5 Å². The largest absolute Gasteiger partial charge is 0.310 e. The number of likely N-dealkylation sites (N-methyl/N-ethyl adjacent to an activating group) is 1. The molecule has 0 saturated heterocycles. The normalized spacial score (nSPS) is 12.4. The van der Waals surface area contributed by atoms with Crippen LogP contribution in [0.3, 0.4) is 0 Å². The second-order valence-electron chi connectivity index (χ2n) is 4.69. The van der Waals surface area contributed by atoms with Gasteiger partial charge in [-0.3, -0.25) is 0 Å². The Bertz CT molecular complexity index is 634. The van der Waals surface area contributed by atoms with Crippen molar-refractivity contribution >= 4 is 27.5 Å². The number of nitrogens with one attached hydrogen (secondary N) is 1. The molecule has 21 heavy (non-hydrogen) atoms. The van der Waals surface area contributed by atoms with Crippen molar-refractivity contribution < 1.29 is 8.78 Å². The Hall–Kier alpha value is -0.970. The van der Waals surface area contributed by atoms with E-state index in [2.05, 4.69) is 21.2 Å². The molecule has 0 aromatic heterocycles. The lowest BCUT2D eigenvalue weighted by Gasteiger charge is -2.20. The Morgan fingerprint density at radius 3 is 2.71 bits per heavy atom. The zero-order chi connectivity index (χ0) is 15.4. The van der Waals surface area contributed by atoms with E-state index in [1.54, 1.807) is 0 Å². The van der Waals surface area contributed by atoms with Crippen molar-refractivity contribution in [2.45, 2.75) is 19.4 Å². The molecule has 2 aromatic carbocycles. The molecule has 112 valence electrons. The molecule has 2 aromatic rings. The SMILES string of the molecule is CCNC(Cc1cc(F)ccc1F)c1cccc(Br)c1Cl. The first-order chi connectivity index (χ1) is 10.0. The molecule has 0 fully saturated rings. The molecule has 1 N–H and O–H groups in total. The number of rotatable bonds is 5. The highest BCUT2D eigenvalue weighted by Gasteiger charge is 2.18. The summed E-state index contributed by atoms with van der Waals surface area (Å²) >= 11 is 9.69. The van der Waals surface area contributed by atoms with E-state index in [0.717, 1.165) is 22.2 Å². The average molecular weight is 375 g/mol. The average Bonchev–Trinajstić information content (AvgIpc) is 2.45. The predicted octanol–water partition coefficient (Wildman–Crippen LogP) is 5.27. The summed E-state index contributed by atoms with van der Waals surface area (Å²) in [4.78, 5) is 0. The summed E-state index contributed by atoms with van der Waals surface area (Å²) < 4.78 is 27.9. The molecule has 2 rings (SSSR count). The van der Waals surface area contributed by atoms with Crippen molar-refractivity contribution in [3.63, 3.8) is 0 Å². The summed E-state index contributed by atoms with van der Waals surface area (Å²) in [5.41, 5.74) is 1.19. The summed E-state index contributed by atoms with van der Waals surface area (Å²) in [5, 5.41) is 3.85. The van der Waals surface area contributed by atoms with Crippen molar-refractivity contribution in [1.82, 2.24) is 5.32 Å². The van der Waals surface area contributed by atoms with Gasteiger partial charge in [0.15, 0.2) is 0 Å². The van der Waals surface area contributed by atoms with Gasteiger partial charge in [0.05, 0.1) is 5.02 Å². The maximum atomic E-state index is 13.8. The van der Waals surface area contributed by atoms with Crippen LogP contribution in [-0.4, -0.2) is 6.54 Å². The number of halogens is 4. The van der Waals surface area contributed by atoms with E-state index >= 15 is 0 Å². The molecule has 0 saturated carbocycles. The van der Waals surface area contributed by atoms with Crippen LogP contribution in [0.4, 0.5) is 8.78 Å². The monoisotopic (exact) mass is 373 g/mol. The summed E-state index contributed by atoms with van der Waals surface area (Å²) in [7, 11) is 0. The third kappa shape index (κ3) is 4.02. The molecule has 0 aliphatic heterocycles. The second kappa shape index (κ2) is 7.34. The smallest absolute Gasteiger partial charge is 0.126 e. The minimum atomic E-state index is -0.443. The van der Waals surface area contributed by atoms with Crippen LogP contribution in [-0.2, 0) is 6.42 Å². The molecule has 0 aliphatic rings. The van der Waals surface area contributed by atoms with E-state index in [1.165, 1.54) is 6.07 Å². The number of hydrogen-bond acceptors (Lipinski definition) is 1. The fourth-order valence-corrected chi connectivity index (χ4v) is 2.89. The van der Waals surface area contributed by atoms with Crippen LogP contribution in [0.1, 0.15) is 24.1 Å². The Morgan fingerprint density at radius 2 is 2.00 bits per heavy atom. The quantitative estimate of drug-likeness (QED) is 0.751. The molecule has 1 nitrogen and oxygen atoms in total. The summed E-state index contributed by atoms with van der Waals surface area (Å²) in [6, 6.07) is 8.91. The molecule has 1 atom stereocenters. The molecule has 0 aliphatic carbocycles. The third-order valence-corrected chi connectivity index (χ3v) is 4.55. The van der Waals surface area contributed by atoms with Crippen LogP contribution in [0.15, 0.2) is 40.9 Å². The standard InChI is InChI=1S/C16H15BrClF2N/c1-2-21-15(12-4-3-5-13(17)16(12)18)9-10-8-11(19)6-7-14(10)20/h3-8,15,21H,2,9H2,1H3. The van der Waals surface area contributed by atoms with E-state index < -0.39 is 11.6 Å². The Morgan fingerprint density at radius 1 is 1.24 bits per heavy atom. The van der Waals surface area contributed by atoms with Crippen molar-refractivity contribution in [3.05, 3.63) is 68.7 Å². The van der Waals surface area contributed by atoms with Gasteiger partial charge in [-0.25, -0.2) is 8.78 Å². The van der Waals surface area contributed by atoms with Crippen LogP contribution in [0.25, 0.3) is 0 Å². The molecule has 0 spiro atoms. The first-order valence-electron chi connectivity index (χ1n) is 6.64. The highest BCUT2D eigenvalue weighted by molar-refractivity contribution is 9.10. The summed E-state index contributed by atoms with van der Waals surface area (Å²) in [6.07, 6.45) is 0.327. The second-order valence-corrected chi connectivity index (χ2v) is 5.93. The lowest BCUT2D eigenvalue weighted by Crippen LogP contribution is -2.23. The van der Waals surface area contributed by atoms with Crippen molar-refractivity contribution in [1.29, 1.82) is 0 Å². The predicted molar refractivity (Wildman–Crippen MR) is 85.6 cm³/mol. The number of benzene rings is 2. The highest BCUT2D eigenvalue weighted by atomic mass is 79.9. The van der Waals surface area contributed by atoms with Gasteiger partial charge in [0.2, 0.25) is 0 Å². The van der Waals surface area contributed by atoms with Gasteiger partial charge in [-0.15, -0.1) is 0 Å². The molecule has 0 radical (unpaired) electrons. The minimum absolute atomic E-state index is 0.184. The van der Waals surface area contributed by atoms with E-state index in [9.17, 15) is 8.78 Å². The Kier molecular flexibility index (Phi) is 5.73. The van der Waals surface area contributed by atoms with Crippen molar-refractivity contribution in [3.8, 4) is 0 Å². The third-order valence-electron chi connectivity index (χ3n) is 3.24. The first kappa shape index (κ1) is 16.4. The van der Waals surface area contributed by atoms with Crippen LogP contribution in [0.5, 0.6) is 0 Å². The zero-order valence-electron chi connectivity index (χ0n) is 11.5. The van der Waals surface area contributed by atoms with Gasteiger partial charge in [0.25, 0.3) is 0 Å². The molecule has 5 heteroatoms. The summed E-state index contributed by atoms with van der Waals surface area (Å²) in [5.74, 6) is -0.854. The number of hydrogen-bond donors (Lipinski definition) is 1. The Balaban J connectivity index is 2.35. The highest BCUT2D eigenvalue weighted by Crippen LogP contribution is 2.32. The maximum absolute atomic E-state index is 13.8. The Labute approximate surface area is 136 Å². The van der Waals surface area contributed by atoms with Gasteiger partial charge >= 0.3 is 0 Å². The molecule has 1 unspecified atom stereocenters. The molecular formula is C16H15BrClF2N. The topological polar surface area (TPSA) is 12.0 Å². The fourth-order valence-electron chi connectivity index (χ4n) is 2.25. The van der Waals surface area contributed by atoms with E-state index in [4.69, 9.17) is 11.6 Å². The van der Waals surface area contributed by atoms with E-state index in [1.807, 2.05) is 25.1 Å².